The second-order valence-corrected chi connectivity index (χ2v) is 10.8. The van der Waals surface area contributed by atoms with Gasteiger partial charge in [-0.05, 0) is 42.3 Å². The Morgan fingerprint density at radius 3 is 2.55 bits per heavy atom. The van der Waals surface area contributed by atoms with Gasteiger partial charge < -0.3 is 9.47 Å². The Kier molecular flexibility index (Phi) is 7.33. The number of carbonyl (C=O) groups is 1. The van der Waals surface area contributed by atoms with Crippen LogP contribution in [0.3, 0.4) is 0 Å². The summed E-state index contributed by atoms with van der Waals surface area (Å²) in [7, 11) is -3.65. The molecule has 0 saturated heterocycles. The van der Waals surface area contributed by atoms with Crippen LogP contribution in [-0.4, -0.2) is 35.3 Å². The summed E-state index contributed by atoms with van der Waals surface area (Å²) in [6.07, 6.45) is 1.59. The summed E-state index contributed by atoms with van der Waals surface area (Å²) in [5.41, 5.74) is 2.43. The SMILES string of the molecule is CCN(Cc1cnc(S(=O)(=O)Cc2ccccc2C)n1CC(C)C)C(=O)c1cccs1. The van der Waals surface area contributed by atoms with Gasteiger partial charge in [0.2, 0.25) is 15.0 Å². The van der Waals surface area contributed by atoms with Crippen LogP contribution in [0, 0.1) is 12.8 Å². The molecule has 0 aliphatic rings. The number of aryl methyl sites for hydroxylation is 1. The van der Waals surface area contributed by atoms with Crippen LogP contribution in [-0.2, 0) is 28.7 Å². The van der Waals surface area contributed by atoms with Crippen molar-refractivity contribution >= 4 is 27.1 Å². The molecule has 3 rings (SSSR count). The fourth-order valence-electron chi connectivity index (χ4n) is 3.45. The first kappa shape index (κ1) is 23.2. The summed E-state index contributed by atoms with van der Waals surface area (Å²) < 4.78 is 28.3. The monoisotopic (exact) mass is 459 g/mol. The lowest BCUT2D eigenvalue weighted by Gasteiger charge is -2.22. The molecule has 8 heteroatoms. The first-order chi connectivity index (χ1) is 14.7. The van der Waals surface area contributed by atoms with E-state index in [-0.39, 0.29) is 22.7 Å². The number of rotatable bonds is 9. The number of imidazole rings is 1. The number of hydrogen-bond acceptors (Lipinski definition) is 5. The van der Waals surface area contributed by atoms with Crippen LogP contribution >= 0.6 is 11.3 Å². The summed E-state index contributed by atoms with van der Waals surface area (Å²) in [6.45, 7) is 9.26. The van der Waals surface area contributed by atoms with Crippen molar-refractivity contribution in [3.8, 4) is 0 Å². The molecule has 0 aliphatic carbocycles. The predicted molar refractivity (Wildman–Crippen MR) is 124 cm³/mol. The van der Waals surface area contributed by atoms with Crippen LogP contribution in [0.15, 0.2) is 53.1 Å². The predicted octanol–water partition coefficient (Wildman–Crippen LogP) is 4.55. The minimum Gasteiger partial charge on any atom is -0.332 e. The fourth-order valence-corrected chi connectivity index (χ4v) is 5.74. The van der Waals surface area contributed by atoms with Gasteiger partial charge in [-0.15, -0.1) is 11.3 Å². The fraction of sp³-hybridized carbons (Fsp3) is 0.391. The zero-order chi connectivity index (χ0) is 22.6. The number of nitrogens with zero attached hydrogens (tertiary/aromatic N) is 3. The van der Waals surface area contributed by atoms with E-state index in [4.69, 9.17) is 0 Å². The van der Waals surface area contributed by atoms with E-state index in [1.54, 1.807) is 21.7 Å². The van der Waals surface area contributed by atoms with Crippen LogP contribution in [0.5, 0.6) is 0 Å². The van der Waals surface area contributed by atoms with Crippen LogP contribution in [0.2, 0.25) is 0 Å². The standard InChI is InChI=1S/C23H29N3O3S2/c1-5-25(22(27)21-11-8-12-30-21)15-20-13-24-23(26(20)14-17(2)3)31(28,29)16-19-10-7-6-9-18(19)4/h6-13,17H,5,14-16H2,1-4H3. The maximum atomic E-state index is 13.3. The number of carbonyl (C=O) groups excluding carboxylic acids is 1. The number of sulfone groups is 1. The van der Waals surface area contributed by atoms with Crippen molar-refractivity contribution in [2.75, 3.05) is 6.54 Å². The van der Waals surface area contributed by atoms with Crippen molar-refractivity contribution in [3.63, 3.8) is 0 Å². The van der Waals surface area contributed by atoms with Gasteiger partial charge in [0, 0.05) is 13.1 Å². The highest BCUT2D eigenvalue weighted by atomic mass is 32.2. The molecule has 0 aliphatic heterocycles. The lowest BCUT2D eigenvalue weighted by molar-refractivity contribution is 0.0753. The first-order valence-electron chi connectivity index (χ1n) is 10.4. The molecule has 0 radical (unpaired) electrons. The summed E-state index contributed by atoms with van der Waals surface area (Å²) in [5, 5.41) is 1.94. The van der Waals surface area contributed by atoms with Crippen molar-refractivity contribution in [2.24, 2.45) is 5.92 Å². The van der Waals surface area contributed by atoms with Gasteiger partial charge in [0.1, 0.15) is 0 Å². The molecule has 31 heavy (non-hydrogen) atoms. The molecule has 0 saturated carbocycles. The normalized spacial score (nSPS) is 11.8. The van der Waals surface area contributed by atoms with E-state index in [1.165, 1.54) is 11.3 Å². The van der Waals surface area contributed by atoms with Gasteiger partial charge in [-0.3, -0.25) is 4.79 Å². The zero-order valence-corrected chi connectivity index (χ0v) is 20.0. The average Bonchev–Trinajstić information content (AvgIpc) is 3.38. The molecule has 0 N–H and O–H groups in total. The van der Waals surface area contributed by atoms with Gasteiger partial charge in [-0.2, -0.15) is 0 Å². The molecule has 0 bridgehead atoms. The topological polar surface area (TPSA) is 72.3 Å². The third kappa shape index (κ3) is 5.43. The lowest BCUT2D eigenvalue weighted by atomic mass is 10.1. The molecular weight excluding hydrogens is 430 g/mol. The van der Waals surface area contributed by atoms with Crippen LogP contribution in [0.4, 0.5) is 0 Å². The summed E-state index contributed by atoms with van der Waals surface area (Å²) in [5.74, 6) is 0.0716. The summed E-state index contributed by atoms with van der Waals surface area (Å²) in [6, 6.07) is 11.1. The maximum Gasteiger partial charge on any atom is 0.264 e. The minimum absolute atomic E-state index is 0.0564. The zero-order valence-electron chi connectivity index (χ0n) is 18.4. The largest absolute Gasteiger partial charge is 0.332 e. The van der Waals surface area contributed by atoms with Crippen molar-refractivity contribution in [1.82, 2.24) is 14.5 Å². The molecule has 0 atom stereocenters. The summed E-state index contributed by atoms with van der Waals surface area (Å²) >= 11 is 1.40. The third-order valence-corrected chi connectivity index (χ3v) is 7.52. The number of benzene rings is 1. The molecule has 2 aromatic heterocycles. The second kappa shape index (κ2) is 9.78. The lowest BCUT2D eigenvalue weighted by Crippen LogP contribution is -2.31. The second-order valence-electron chi connectivity index (χ2n) is 8.02. The minimum atomic E-state index is -3.65. The van der Waals surface area contributed by atoms with E-state index in [1.807, 2.05) is 63.4 Å². The van der Waals surface area contributed by atoms with Crippen LogP contribution < -0.4 is 0 Å². The van der Waals surface area contributed by atoms with Gasteiger partial charge in [0.25, 0.3) is 5.91 Å². The Bertz CT molecular complexity index is 1130. The Morgan fingerprint density at radius 1 is 1.19 bits per heavy atom. The van der Waals surface area contributed by atoms with Gasteiger partial charge >= 0.3 is 0 Å². The van der Waals surface area contributed by atoms with Gasteiger partial charge in [-0.1, -0.05) is 44.2 Å². The highest BCUT2D eigenvalue weighted by molar-refractivity contribution is 7.90. The first-order valence-corrected chi connectivity index (χ1v) is 12.9. The van der Waals surface area contributed by atoms with E-state index < -0.39 is 9.84 Å². The molecule has 1 amide bonds. The number of aromatic nitrogens is 2. The Hall–Kier alpha value is -2.45. The van der Waals surface area contributed by atoms with E-state index in [2.05, 4.69) is 4.98 Å². The molecule has 1 aromatic carbocycles. The number of amides is 1. The Balaban J connectivity index is 1.94. The molecule has 166 valence electrons. The van der Waals surface area contributed by atoms with E-state index in [9.17, 15) is 13.2 Å². The average molecular weight is 460 g/mol. The van der Waals surface area contributed by atoms with Gasteiger partial charge in [0.05, 0.1) is 29.1 Å². The molecule has 6 nitrogen and oxygen atoms in total. The molecule has 0 fully saturated rings. The van der Waals surface area contributed by atoms with Gasteiger partial charge in [0.15, 0.2) is 0 Å². The van der Waals surface area contributed by atoms with Crippen LogP contribution in [0.25, 0.3) is 0 Å². The quantitative estimate of drug-likeness (QED) is 0.471. The van der Waals surface area contributed by atoms with Crippen molar-refractivity contribution in [1.29, 1.82) is 0 Å². The molecule has 2 heterocycles. The highest BCUT2D eigenvalue weighted by Gasteiger charge is 2.26. The van der Waals surface area contributed by atoms with E-state index in [0.29, 0.717) is 24.5 Å². The molecule has 0 spiro atoms. The van der Waals surface area contributed by atoms with Crippen molar-refractivity contribution in [3.05, 3.63) is 69.7 Å². The molecular formula is C23H29N3O3S2. The van der Waals surface area contributed by atoms with E-state index in [0.717, 1.165) is 16.8 Å². The Morgan fingerprint density at radius 2 is 1.94 bits per heavy atom. The Labute approximate surface area is 188 Å². The van der Waals surface area contributed by atoms with E-state index >= 15 is 0 Å². The highest BCUT2D eigenvalue weighted by Crippen LogP contribution is 2.22. The van der Waals surface area contributed by atoms with Crippen LogP contribution in [0.1, 0.15) is 47.3 Å². The maximum absolute atomic E-state index is 13.3. The van der Waals surface area contributed by atoms with Crippen molar-refractivity contribution in [2.45, 2.75) is 51.7 Å². The number of hydrogen-bond donors (Lipinski definition) is 0. The smallest absolute Gasteiger partial charge is 0.264 e. The molecule has 3 aromatic rings. The molecule has 0 unspecified atom stereocenters. The van der Waals surface area contributed by atoms with Crippen molar-refractivity contribution < 1.29 is 13.2 Å². The summed E-state index contributed by atoms with van der Waals surface area (Å²) in [4.78, 5) is 19.6. The third-order valence-electron chi connectivity index (χ3n) is 5.09. The number of thiophene rings is 1. The van der Waals surface area contributed by atoms with Gasteiger partial charge in [-0.25, -0.2) is 13.4 Å².